The molecule has 0 spiro atoms. The first kappa shape index (κ1) is 16.3. The fourth-order valence-corrected chi connectivity index (χ4v) is 2.85. The van der Waals surface area contributed by atoms with Gasteiger partial charge in [-0.15, -0.1) is 0 Å². The molecule has 0 aromatic heterocycles. The fraction of sp³-hybridized carbons (Fsp3) is 0.316. The Bertz CT molecular complexity index is 728. The van der Waals surface area contributed by atoms with Crippen molar-refractivity contribution < 1.29 is 18.7 Å². The Labute approximate surface area is 140 Å². The van der Waals surface area contributed by atoms with E-state index in [1.54, 1.807) is 30.3 Å². The number of carbonyl (C=O) groups excluding carboxylic acids is 1. The average molecular weight is 329 g/mol. The lowest BCUT2D eigenvalue weighted by Gasteiger charge is -2.22. The van der Waals surface area contributed by atoms with Crippen LogP contribution < -0.4 is 14.8 Å². The third kappa shape index (κ3) is 3.50. The summed E-state index contributed by atoms with van der Waals surface area (Å²) in [6.45, 7) is 4.96. The molecule has 1 heterocycles. The number of nitrogens with one attached hydrogen (secondary N) is 1. The zero-order chi connectivity index (χ0) is 17.1. The quantitative estimate of drug-likeness (QED) is 0.923. The molecule has 1 N–H and O–H groups in total. The molecule has 0 saturated heterocycles. The summed E-state index contributed by atoms with van der Waals surface area (Å²) in [5.74, 6) is 0.577. The van der Waals surface area contributed by atoms with Gasteiger partial charge in [0.25, 0.3) is 0 Å². The normalized spacial score (nSPS) is 14.3. The number of anilines is 1. The molecule has 2 aromatic carbocycles. The molecule has 1 amide bonds. The Kier molecular flexibility index (Phi) is 4.69. The van der Waals surface area contributed by atoms with E-state index in [1.165, 1.54) is 12.1 Å². The molecule has 0 radical (unpaired) electrons. The van der Waals surface area contributed by atoms with Crippen molar-refractivity contribution in [1.29, 1.82) is 0 Å². The monoisotopic (exact) mass is 329 g/mol. The second kappa shape index (κ2) is 6.91. The molecule has 24 heavy (non-hydrogen) atoms. The van der Waals surface area contributed by atoms with Gasteiger partial charge in [-0.05, 0) is 35.7 Å². The molecule has 2 aromatic rings. The smallest absolute Gasteiger partial charge is 0.232 e. The minimum Gasteiger partial charge on any atom is -0.486 e. The summed E-state index contributed by atoms with van der Waals surface area (Å²) in [7, 11) is 0. The number of fused-ring (bicyclic) bond motifs is 1. The highest BCUT2D eigenvalue weighted by Gasteiger charge is 2.25. The fourth-order valence-electron chi connectivity index (χ4n) is 2.85. The van der Waals surface area contributed by atoms with Crippen molar-refractivity contribution in [2.24, 2.45) is 5.92 Å². The highest BCUT2D eigenvalue weighted by atomic mass is 19.1. The highest BCUT2D eigenvalue weighted by Crippen LogP contribution is 2.33. The number of carbonyl (C=O) groups is 1. The van der Waals surface area contributed by atoms with Crippen molar-refractivity contribution in [2.75, 3.05) is 18.5 Å². The largest absolute Gasteiger partial charge is 0.486 e. The third-order valence-corrected chi connectivity index (χ3v) is 3.99. The lowest BCUT2D eigenvalue weighted by atomic mass is 9.87. The molecule has 1 aliphatic heterocycles. The van der Waals surface area contributed by atoms with E-state index in [9.17, 15) is 9.18 Å². The van der Waals surface area contributed by atoms with E-state index in [2.05, 4.69) is 5.32 Å². The van der Waals surface area contributed by atoms with Gasteiger partial charge in [-0.25, -0.2) is 4.39 Å². The van der Waals surface area contributed by atoms with Gasteiger partial charge in [-0.2, -0.15) is 0 Å². The Balaban J connectivity index is 1.80. The first-order chi connectivity index (χ1) is 11.5. The van der Waals surface area contributed by atoms with Gasteiger partial charge in [-0.3, -0.25) is 4.79 Å². The van der Waals surface area contributed by atoms with Crippen molar-refractivity contribution in [1.82, 2.24) is 0 Å². The van der Waals surface area contributed by atoms with E-state index < -0.39 is 0 Å². The Morgan fingerprint density at radius 3 is 2.38 bits per heavy atom. The van der Waals surface area contributed by atoms with E-state index >= 15 is 0 Å². The lowest BCUT2D eigenvalue weighted by molar-refractivity contribution is -0.118. The topological polar surface area (TPSA) is 47.6 Å². The molecule has 1 aliphatic rings. The van der Waals surface area contributed by atoms with Crippen LogP contribution in [0, 0.1) is 11.7 Å². The van der Waals surface area contributed by atoms with Crippen molar-refractivity contribution in [3.05, 3.63) is 53.8 Å². The van der Waals surface area contributed by atoms with Crippen LogP contribution in [0.4, 0.5) is 10.1 Å². The Morgan fingerprint density at radius 1 is 1.04 bits per heavy atom. The van der Waals surface area contributed by atoms with Gasteiger partial charge in [-0.1, -0.05) is 26.0 Å². The lowest BCUT2D eigenvalue weighted by Crippen LogP contribution is -2.25. The molecule has 5 heteroatoms. The molecule has 126 valence electrons. The highest BCUT2D eigenvalue weighted by molar-refractivity contribution is 5.96. The minimum atomic E-state index is -0.362. The molecule has 3 rings (SSSR count). The maximum atomic E-state index is 13.1. The van der Waals surface area contributed by atoms with E-state index in [-0.39, 0.29) is 23.6 Å². The molecular weight excluding hydrogens is 309 g/mol. The summed E-state index contributed by atoms with van der Waals surface area (Å²) in [5.41, 5.74) is 1.44. The molecular formula is C19H20FNO3. The number of hydrogen-bond acceptors (Lipinski definition) is 3. The number of hydrogen-bond donors (Lipinski definition) is 1. The van der Waals surface area contributed by atoms with Crippen LogP contribution in [0.3, 0.4) is 0 Å². The van der Waals surface area contributed by atoms with Gasteiger partial charge >= 0.3 is 0 Å². The van der Waals surface area contributed by atoms with Crippen LogP contribution in [-0.4, -0.2) is 19.1 Å². The van der Waals surface area contributed by atoms with E-state index in [1.807, 2.05) is 13.8 Å². The maximum Gasteiger partial charge on any atom is 0.232 e. The van der Waals surface area contributed by atoms with E-state index in [4.69, 9.17) is 9.47 Å². The molecule has 0 fully saturated rings. The van der Waals surface area contributed by atoms with Gasteiger partial charge in [0.15, 0.2) is 11.5 Å². The summed E-state index contributed by atoms with van der Waals surface area (Å²) in [4.78, 5) is 12.7. The van der Waals surface area contributed by atoms with Crippen molar-refractivity contribution in [3.8, 4) is 11.5 Å². The van der Waals surface area contributed by atoms with Crippen LogP contribution in [0.5, 0.6) is 11.5 Å². The van der Waals surface area contributed by atoms with Gasteiger partial charge < -0.3 is 14.8 Å². The van der Waals surface area contributed by atoms with Crippen LogP contribution in [0.15, 0.2) is 42.5 Å². The molecule has 1 atom stereocenters. The van der Waals surface area contributed by atoms with Crippen molar-refractivity contribution in [3.63, 3.8) is 0 Å². The molecule has 0 aliphatic carbocycles. The van der Waals surface area contributed by atoms with Crippen LogP contribution in [0.25, 0.3) is 0 Å². The van der Waals surface area contributed by atoms with Crippen LogP contribution in [-0.2, 0) is 4.79 Å². The number of halogens is 1. The van der Waals surface area contributed by atoms with Crippen molar-refractivity contribution in [2.45, 2.75) is 19.8 Å². The average Bonchev–Trinajstić information content (AvgIpc) is 2.56. The van der Waals surface area contributed by atoms with Crippen LogP contribution >= 0.6 is 0 Å². The predicted octanol–water partition coefficient (Wildman–Crippen LogP) is 3.98. The van der Waals surface area contributed by atoms with Crippen LogP contribution in [0.2, 0.25) is 0 Å². The van der Waals surface area contributed by atoms with Crippen molar-refractivity contribution >= 4 is 11.6 Å². The summed E-state index contributed by atoms with van der Waals surface area (Å²) in [6.07, 6.45) is 0. The Morgan fingerprint density at radius 2 is 1.71 bits per heavy atom. The standard InChI is InChI=1S/C19H20FNO3/c1-12(2)18(13-3-5-14(20)6-4-13)19(22)21-15-7-8-16-17(11-15)24-10-9-23-16/h3-8,11-12,18H,9-10H2,1-2H3,(H,21,22). The van der Waals surface area contributed by atoms with Gasteiger partial charge in [0.05, 0.1) is 5.92 Å². The zero-order valence-corrected chi connectivity index (χ0v) is 13.7. The second-order valence-electron chi connectivity index (χ2n) is 6.12. The molecule has 1 unspecified atom stereocenters. The maximum absolute atomic E-state index is 13.1. The number of rotatable bonds is 4. The summed E-state index contributed by atoms with van der Waals surface area (Å²) < 4.78 is 24.1. The number of benzene rings is 2. The first-order valence-electron chi connectivity index (χ1n) is 8.00. The van der Waals surface area contributed by atoms with Gasteiger partial charge in [0.2, 0.25) is 5.91 Å². The number of ether oxygens (including phenoxy) is 2. The zero-order valence-electron chi connectivity index (χ0n) is 13.7. The number of amides is 1. The molecule has 0 saturated carbocycles. The first-order valence-corrected chi connectivity index (χ1v) is 8.00. The predicted molar refractivity (Wildman–Crippen MR) is 90.0 cm³/mol. The summed E-state index contributed by atoms with van der Waals surface area (Å²) in [5, 5.41) is 2.92. The minimum absolute atomic E-state index is 0.0765. The molecule has 0 bridgehead atoms. The molecule has 4 nitrogen and oxygen atoms in total. The Hall–Kier alpha value is -2.56. The second-order valence-corrected chi connectivity index (χ2v) is 6.12. The van der Waals surface area contributed by atoms with Crippen LogP contribution in [0.1, 0.15) is 25.3 Å². The SMILES string of the molecule is CC(C)C(C(=O)Nc1ccc2c(c1)OCCO2)c1ccc(F)cc1. The summed E-state index contributed by atoms with van der Waals surface area (Å²) >= 11 is 0. The summed E-state index contributed by atoms with van der Waals surface area (Å²) in [6, 6.07) is 11.4. The van der Waals surface area contributed by atoms with E-state index in [0.717, 1.165) is 5.56 Å². The van der Waals surface area contributed by atoms with E-state index in [0.29, 0.717) is 30.4 Å². The third-order valence-electron chi connectivity index (χ3n) is 3.99. The van der Waals surface area contributed by atoms with Gasteiger partial charge in [0.1, 0.15) is 19.0 Å². The van der Waals surface area contributed by atoms with Gasteiger partial charge in [0, 0.05) is 11.8 Å².